The fourth-order valence-electron chi connectivity index (χ4n) is 3.12. The smallest absolute Gasteiger partial charge is 0.169 e. The number of carbonyl (C=O) groups is 1. The summed E-state index contributed by atoms with van der Waals surface area (Å²) < 4.78 is 10.5. The van der Waals surface area contributed by atoms with Gasteiger partial charge in [0.1, 0.15) is 11.5 Å². The van der Waals surface area contributed by atoms with E-state index in [9.17, 15) is 4.79 Å². The monoisotopic (exact) mass is 276 g/mol. The van der Waals surface area contributed by atoms with Crippen molar-refractivity contribution in [3.63, 3.8) is 0 Å². The standard InChI is InChI=1S/C17H24O3/c1-4-12-6-5-7-13(10-12)17(18)15-9-8-14(19-2)11-16(15)20-3/h8-9,11-13H,4-7,10H2,1-3H3. The first-order valence-electron chi connectivity index (χ1n) is 7.45. The SMILES string of the molecule is CCC1CCCC(C(=O)c2ccc(OC)cc2OC)C1. The molecule has 2 rings (SSSR count). The third-order valence-corrected chi connectivity index (χ3v) is 4.41. The first-order valence-corrected chi connectivity index (χ1v) is 7.45. The summed E-state index contributed by atoms with van der Waals surface area (Å²) in [5.74, 6) is 2.40. The molecular weight excluding hydrogens is 252 g/mol. The third kappa shape index (κ3) is 3.14. The summed E-state index contributed by atoms with van der Waals surface area (Å²) in [5, 5.41) is 0. The summed E-state index contributed by atoms with van der Waals surface area (Å²) in [4.78, 5) is 12.7. The first-order chi connectivity index (χ1) is 9.69. The third-order valence-electron chi connectivity index (χ3n) is 4.41. The largest absolute Gasteiger partial charge is 0.497 e. The maximum atomic E-state index is 12.7. The van der Waals surface area contributed by atoms with Gasteiger partial charge in [-0.3, -0.25) is 4.79 Å². The zero-order valence-corrected chi connectivity index (χ0v) is 12.6. The molecule has 0 bridgehead atoms. The number of hydrogen-bond donors (Lipinski definition) is 0. The van der Waals surface area contributed by atoms with E-state index < -0.39 is 0 Å². The Hall–Kier alpha value is -1.51. The molecule has 3 nitrogen and oxygen atoms in total. The highest BCUT2D eigenvalue weighted by Gasteiger charge is 2.28. The number of methoxy groups -OCH3 is 2. The Balaban J connectivity index is 2.19. The lowest BCUT2D eigenvalue weighted by atomic mass is 9.77. The Morgan fingerprint density at radius 2 is 2.05 bits per heavy atom. The van der Waals surface area contributed by atoms with Crippen molar-refractivity contribution in [1.29, 1.82) is 0 Å². The molecule has 0 heterocycles. The maximum absolute atomic E-state index is 12.7. The minimum Gasteiger partial charge on any atom is -0.497 e. The Labute approximate surface area is 121 Å². The maximum Gasteiger partial charge on any atom is 0.169 e. The Bertz CT molecular complexity index is 467. The van der Waals surface area contributed by atoms with Gasteiger partial charge in [-0.15, -0.1) is 0 Å². The van der Waals surface area contributed by atoms with Gasteiger partial charge in [-0.05, 0) is 30.9 Å². The van der Waals surface area contributed by atoms with Gasteiger partial charge >= 0.3 is 0 Å². The highest BCUT2D eigenvalue weighted by molar-refractivity contribution is 6.00. The summed E-state index contributed by atoms with van der Waals surface area (Å²) in [6.07, 6.45) is 5.62. The Morgan fingerprint density at radius 1 is 1.25 bits per heavy atom. The molecule has 0 saturated heterocycles. The number of rotatable bonds is 5. The van der Waals surface area contributed by atoms with Crippen LogP contribution < -0.4 is 9.47 Å². The molecule has 1 aliphatic carbocycles. The van der Waals surface area contributed by atoms with Crippen LogP contribution in [0.3, 0.4) is 0 Å². The quantitative estimate of drug-likeness (QED) is 0.759. The van der Waals surface area contributed by atoms with E-state index in [1.807, 2.05) is 12.1 Å². The zero-order chi connectivity index (χ0) is 14.5. The molecule has 1 saturated carbocycles. The van der Waals surface area contributed by atoms with Crippen LogP contribution >= 0.6 is 0 Å². The molecule has 0 aliphatic heterocycles. The summed E-state index contributed by atoms with van der Waals surface area (Å²) in [6, 6.07) is 5.44. The number of hydrogen-bond acceptors (Lipinski definition) is 3. The average Bonchev–Trinajstić information content (AvgIpc) is 2.53. The predicted molar refractivity (Wildman–Crippen MR) is 79.6 cm³/mol. The molecule has 0 spiro atoms. The fraction of sp³-hybridized carbons (Fsp3) is 0.588. The first kappa shape index (κ1) is 14.9. The summed E-state index contributed by atoms with van der Waals surface area (Å²) >= 11 is 0. The summed E-state index contributed by atoms with van der Waals surface area (Å²) in [5.41, 5.74) is 0.690. The second-order valence-corrected chi connectivity index (χ2v) is 5.57. The fourth-order valence-corrected chi connectivity index (χ4v) is 3.12. The topological polar surface area (TPSA) is 35.5 Å². The van der Waals surface area contributed by atoms with Gasteiger partial charge < -0.3 is 9.47 Å². The van der Waals surface area contributed by atoms with Crippen molar-refractivity contribution in [2.24, 2.45) is 11.8 Å². The van der Waals surface area contributed by atoms with Crippen molar-refractivity contribution in [3.8, 4) is 11.5 Å². The molecule has 20 heavy (non-hydrogen) atoms. The van der Waals surface area contributed by atoms with Gasteiger partial charge in [0.25, 0.3) is 0 Å². The Morgan fingerprint density at radius 3 is 2.70 bits per heavy atom. The average molecular weight is 276 g/mol. The van der Waals surface area contributed by atoms with E-state index in [-0.39, 0.29) is 11.7 Å². The molecule has 3 heteroatoms. The van der Waals surface area contributed by atoms with Crippen LogP contribution in [-0.2, 0) is 0 Å². The second kappa shape index (κ2) is 6.78. The van der Waals surface area contributed by atoms with Gasteiger partial charge in [0.2, 0.25) is 0 Å². The van der Waals surface area contributed by atoms with Crippen molar-refractivity contribution >= 4 is 5.78 Å². The summed E-state index contributed by atoms with van der Waals surface area (Å²) in [7, 11) is 3.21. The van der Waals surface area contributed by atoms with Gasteiger partial charge in [-0.25, -0.2) is 0 Å². The molecule has 1 aliphatic rings. The lowest BCUT2D eigenvalue weighted by Gasteiger charge is -2.27. The van der Waals surface area contributed by atoms with Crippen LogP contribution in [0.2, 0.25) is 0 Å². The highest BCUT2D eigenvalue weighted by atomic mass is 16.5. The van der Waals surface area contributed by atoms with E-state index in [0.717, 1.165) is 19.3 Å². The second-order valence-electron chi connectivity index (χ2n) is 5.57. The molecular formula is C17H24O3. The van der Waals surface area contributed by atoms with Gasteiger partial charge in [-0.2, -0.15) is 0 Å². The minimum absolute atomic E-state index is 0.149. The molecule has 0 N–H and O–H groups in total. The number of benzene rings is 1. The van der Waals surface area contributed by atoms with Crippen LogP contribution in [0.5, 0.6) is 11.5 Å². The predicted octanol–water partition coefficient (Wildman–Crippen LogP) is 4.10. The molecule has 1 aromatic carbocycles. The van der Waals surface area contributed by atoms with E-state index in [1.165, 1.54) is 12.8 Å². The van der Waals surface area contributed by atoms with Crippen molar-refractivity contribution in [2.45, 2.75) is 39.0 Å². The van der Waals surface area contributed by atoms with Crippen LogP contribution in [0.25, 0.3) is 0 Å². The molecule has 0 radical (unpaired) electrons. The molecule has 1 fully saturated rings. The van der Waals surface area contributed by atoms with Gasteiger partial charge in [0.05, 0.1) is 19.8 Å². The van der Waals surface area contributed by atoms with Crippen molar-refractivity contribution < 1.29 is 14.3 Å². The Kier molecular flexibility index (Phi) is 5.05. The molecule has 2 atom stereocenters. The van der Waals surface area contributed by atoms with E-state index in [0.29, 0.717) is 23.0 Å². The van der Waals surface area contributed by atoms with Gasteiger partial charge in [0.15, 0.2) is 5.78 Å². The molecule has 2 unspecified atom stereocenters. The van der Waals surface area contributed by atoms with E-state index >= 15 is 0 Å². The summed E-state index contributed by atoms with van der Waals surface area (Å²) in [6.45, 7) is 2.21. The van der Waals surface area contributed by atoms with Crippen LogP contribution in [0.1, 0.15) is 49.4 Å². The molecule has 110 valence electrons. The van der Waals surface area contributed by atoms with E-state index in [2.05, 4.69) is 6.92 Å². The number of Topliss-reactive ketones (excluding diaryl/α,β-unsaturated/α-hetero) is 1. The molecule has 0 amide bonds. The van der Waals surface area contributed by atoms with Crippen LogP contribution in [0, 0.1) is 11.8 Å². The minimum atomic E-state index is 0.149. The number of ketones is 1. The molecule has 1 aromatic rings. The van der Waals surface area contributed by atoms with Crippen molar-refractivity contribution in [1.82, 2.24) is 0 Å². The lowest BCUT2D eigenvalue weighted by molar-refractivity contribution is 0.0859. The van der Waals surface area contributed by atoms with Crippen LogP contribution in [0.15, 0.2) is 18.2 Å². The normalized spacial score (nSPS) is 22.4. The molecule has 0 aromatic heterocycles. The van der Waals surface area contributed by atoms with Crippen LogP contribution in [0.4, 0.5) is 0 Å². The van der Waals surface area contributed by atoms with Gasteiger partial charge in [-0.1, -0.05) is 26.2 Å². The number of carbonyl (C=O) groups excluding carboxylic acids is 1. The van der Waals surface area contributed by atoms with E-state index in [4.69, 9.17) is 9.47 Å². The van der Waals surface area contributed by atoms with Crippen LogP contribution in [-0.4, -0.2) is 20.0 Å². The van der Waals surface area contributed by atoms with Crippen molar-refractivity contribution in [2.75, 3.05) is 14.2 Å². The van der Waals surface area contributed by atoms with Crippen molar-refractivity contribution in [3.05, 3.63) is 23.8 Å². The van der Waals surface area contributed by atoms with E-state index in [1.54, 1.807) is 20.3 Å². The number of ether oxygens (including phenoxy) is 2. The lowest BCUT2D eigenvalue weighted by Crippen LogP contribution is -2.23. The zero-order valence-electron chi connectivity index (χ0n) is 12.6. The highest BCUT2D eigenvalue weighted by Crippen LogP contribution is 2.35. The van der Waals surface area contributed by atoms with Gasteiger partial charge in [0, 0.05) is 12.0 Å².